The molecule has 0 aromatic heterocycles. The second kappa shape index (κ2) is 4.58. The average Bonchev–Trinajstić information content (AvgIpc) is 2.16. The smallest absolute Gasteiger partial charge is 0.309 e. The first kappa shape index (κ1) is 13.2. The Morgan fingerprint density at radius 2 is 1.94 bits per heavy atom. The molecule has 92 valence electrons. The number of ether oxygens (including phenoxy) is 1. The van der Waals surface area contributed by atoms with Crippen molar-refractivity contribution in [2.24, 2.45) is 5.92 Å². The van der Waals surface area contributed by atoms with E-state index in [-0.39, 0.29) is 11.9 Å². The Hall–Kier alpha value is -0.830. The lowest BCUT2D eigenvalue weighted by atomic mass is 9.79. The molecule has 0 aromatic rings. The van der Waals surface area contributed by atoms with Crippen molar-refractivity contribution in [3.8, 4) is 0 Å². The number of hydrogen-bond donors (Lipinski definition) is 1. The first-order valence-corrected chi connectivity index (χ1v) is 5.85. The summed E-state index contributed by atoms with van der Waals surface area (Å²) in [7, 11) is 0. The summed E-state index contributed by atoms with van der Waals surface area (Å²) in [5.74, 6) is -0.210. The Morgan fingerprint density at radius 3 is 2.31 bits per heavy atom. The van der Waals surface area contributed by atoms with Crippen LogP contribution in [0.4, 0.5) is 0 Å². The molecule has 0 saturated heterocycles. The van der Waals surface area contributed by atoms with Crippen LogP contribution in [0.5, 0.6) is 0 Å². The molecule has 1 aliphatic rings. The second-order valence-electron chi connectivity index (χ2n) is 5.62. The molecule has 0 aliphatic heterocycles. The zero-order valence-electron chi connectivity index (χ0n) is 10.5. The molecule has 1 rings (SSSR count). The molecule has 1 saturated carbocycles. The molecule has 3 nitrogen and oxygen atoms in total. The third kappa shape index (κ3) is 3.63. The zero-order chi connectivity index (χ0) is 12.4. The monoisotopic (exact) mass is 226 g/mol. The highest BCUT2D eigenvalue weighted by Gasteiger charge is 2.35. The predicted molar refractivity (Wildman–Crippen MR) is 62.9 cm³/mol. The van der Waals surface area contributed by atoms with E-state index in [2.05, 4.69) is 6.58 Å². The maximum atomic E-state index is 11.8. The number of rotatable bonds is 2. The van der Waals surface area contributed by atoms with Crippen molar-refractivity contribution in [2.75, 3.05) is 0 Å². The number of carbonyl (C=O) groups excluding carboxylic acids is 1. The molecular formula is C13H22O3. The molecule has 1 N–H and O–H groups in total. The van der Waals surface area contributed by atoms with E-state index in [1.807, 2.05) is 20.8 Å². The van der Waals surface area contributed by atoms with E-state index in [0.717, 1.165) is 0 Å². The summed E-state index contributed by atoms with van der Waals surface area (Å²) in [6.45, 7) is 9.23. The summed E-state index contributed by atoms with van der Waals surface area (Å²) in [4.78, 5) is 11.8. The SMILES string of the molecule is C=CC1(O)CCC(C(=O)OC(C)(C)C)CC1. The fraction of sp³-hybridized carbons (Fsp3) is 0.769. The summed E-state index contributed by atoms with van der Waals surface area (Å²) in [5.41, 5.74) is -1.21. The van der Waals surface area contributed by atoms with Crippen molar-refractivity contribution in [1.82, 2.24) is 0 Å². The third-order valence-corrected chi connectivity index (χ3v) is 2.97. The Balaban J connectivity index is 2.48. The van der Waals surface area contributed by atoms with Gasteiger partial charge in [-0.15, -0.1) is 6.58 Å². The molecule has 16 heavy (non-hydrogen) atoms. The van der Waals surface area contributed by atoms with Crippen molar-refractivity contribution in [3.63, 3.8) is 0 Å². The van der Waals surface area contributed by atoms with Crippen LogP contribution in [0.1, 0.15) is 46.5 Å². The van der Waals surface area contributed by atoms with Gasteiger partial charge in [0.15, 0.2) is 0 Å². The van der Waals surface area contributed by atoms with E-state index >= 15 is 0 Å². The van der Waals surface area contributed by atoms with Gasteiger partial charge in [-0.3, -0.25) is 4.79 Å². The quantitative estimate of drug-likeness (QED) is 0.581. The second-order valence-corrected chi connectivity index (χ2v) is 5.62. The van der Waals surface area contributed by atoms with Gasteiger partial charge in [0.05, 0.1) is 11.5 Å². The van der Waals surface area contributed by atoms with Gasteiger partial charge in [0.1, 0.15) is 5.60 Å². The lowest BCUT2D eigenvalue weighted by Gasteiger charge is -2.33. The van der Waals surface area contributed by atoms with E-state index < -0.39 is 11.2 Å². The third-order valence-electron chi connectivity index (χ3n) is 2.97. The highest BCUT2D eigenvalue weighted by atomic mass is 16.6. The van der Waals surface area contributed by atoms with Gasteiger partial charge < -0.3 is 9.84 Å². The first-order valence-electron chi connectivity index (χ1n) is 5.85. The minimum absolute atomic E-state index is 0.0700. The van der Waals surface area contributed by atoms with Gasteiger partial charge in [-0.05, 0) is 46.5 Å². The molecular weight excluding hydrogens is 204 g/mol. The van der Waals surface area contributed by atoms with Gasteiger partial charge in [0.25, 0.3) is 0 Å². The number of carbonyl (C=O) groups is 1. The van der Waals surface area contributed by atoms with Crippen molar-refractivity contribution in [1.29, 1.82) is 0 Å². The average molecular weight is 226 g/mol. The maximum Gasteiger partial charge on any atom is 0.309 e. The topological polar surface area (TPSA) is 46.5 Å². The van der Waals surface area contributed by atoms with E-state index in [1.165, 1.54) is 0 Å². The van der Waals surface area contributed by atoms with Crippen molar-refractivity contribution < 1.29 is 14.6 Å². The van der Waals surface area contributed by atoms with Crippen LogP contribution < -0.4 is 0 Å². The molecule has 0 bridgehead atoms. The fourth-order valence-corrected chi connectivity index (χ4v) is 1.94. The van der Waals surface area contributed by atoms with Gasteiger partial charge in [0.2, 0.25) is 0 Å². The fourth-order valence-electron chi connectivity index (χ4n) is 1.94. The van der Waals surface area contributed by atoms with Gasteiger partial charge in [-0.2, -0.15) is 0 Å². The van der Waals surface area contributed by atoms with Crippen LogP contribution in [0.2, 0.25) is 0 Å². The largest absolute Gasteiger partial charge is 0.460 e. The van der Waals surface area contributed by atoms with Gasteiger partial charge >= 0.3 is 5.97 Å². The van der Waals surface area contributed by atoms with Gasteiger partial charge in [-0.1, -0.05) is 6.08 Å². The summed E-state index contributed by atoms with van der Waals surface area (Å²) >= 11 is 0. The molecule has 0 heterocycles. The van der Waals surface area contributed by atoms with Crippen LogP contribution in [-0.2, 0) is 9.53 Å². The lowest BCUT2D eigenvalue weighted by Crippen LogP contribution is -2.36. The molecule has 0 spiro atoms. The summed E-state index contributed by atoms with van der Waals surface area (Å²) in [5, 5.41) is 9.94. The van der Waals surface area contributed by atoms with E-state index in [1.54, 1.807) is 6.08 Å². The van der Waals surface area contributed by atoms with Crippen LogP contribution in [0.3, 0.4) is 0 Å². The summed E-state index contributed by atoms with van der Waals surface area (Å²) in [6, 6.07) is 0. The Labute approximate surface area is 97.5 Å². The van der Waals surface area contributed by atoms with E-state index in [4.69, 9.17) is 4.74 Å². The molecule has 1 aliphatic carbocycles. The van der Waals surface area contributed by atoms with Crippen LogP contribution in [0, 0.1) is 5.92 Å². The molecule has 1 fully saturated rings. The van der Waals surface area contributed by atoms with Crippen molar-refractivity contribution in [3.05, 3.63) is 12.7 Å². The minimum atomic E-state index is -0.779. The zero-order valence-corrected chi connectivity index (χ0v) is 10.5. The molecule has 3 heteroatoms. The van der Waals surface area contributed by atoms with Crippen molar-refractivity contribution in [2.45, 2.75) is 57.7 Å². The molecule has 0 radical (unpaired) electrons. The van der Waals surface area contributed by atoms with Crippen LogP contribution in [-0.4, -0.2) is 22.3 Å². The summed E-state index contributed by atoms with van der Waals surface area (Å²) < 4.78 is 5.33. The Morgan fingerprint density at radius 1 is 1.44 bits per heavy atom. The molecule has 0 amide bonds. The standard InChI is InChI=1S/C13H22O3/c1-5-13(15)8-6-10(7-9-13)11(14)16-12(2,3)4/h5,10,15H,1,6-9H2,2-4H3. The first-order chi connectivity index (χ1) is 7.26. The lowest BCUT2D eigenvalue weighted by molar-refractivity contribution is -0.162. The normalized spacial score (nSPS) is 30.9. The van der Waals surface area contributed by atoms with Gasteiger partial charge in [-0.25, -0.2) is 0 Å². The molecule has 0 atom stereocenters. The van der Waals surface area contributed by atoms with E-state index in [0.29, 0.717) is 25.7 Å². The number of esters is 1. The maximum absolute atomic E-state index is 11.8. The highest BCUT2D eigenvalue weighted by Crippen LogP contribution is 2.33. The Bertz CT molecular complexity index is 267. The number of aliphatic hydroxyl groups is 1. The Kier molecular flexibility index (Phi) is 3.79. The molecule has 0 unspecified atom stereocenters. The number of hydrogen-bond acceptors (Lipinski definition) is 3. The van der Waals surface area contributed by atoms with E-state index in [9.17, 15) is 9.90 Å². The van der Waals surface area contributed by atoms with Crippen LogP contribution >= 0.6 is 0 Å². The predicted octanol–water partition coefficient (Wildman–Crippen LogP) is 2.44. The van der Waals surface area contributed by atoms with Crippen LogP contribution in [0.25, 0.3) is 0 Å². The van der Waals surface area contributed by atoms with Gasteiger partial charge in [0, 0.05) is 0 Å². The van der Waals surface area contributed by atoms with Crippen LogP contribution in [0.15, 0.2) is 12.7 Å². The summed E-state index contributed by atoms with van der Waals surface area (Å²) in [6.07, 6.45) is 4.13. The minimum Gasteiger partial charge on any atom is -0.460 e. The highest BCUT2D eigenvalue weighted by molar-refractivity contribution is 5.73. The molecule has 0 aromatic carbocycles. The van der Waals surface area contributed by atoms with Crippen molar-refractivity contribution >= 4 is 5.97 Å².